The number of aliphatic hydroxyl groups excluding tert-OH is 2. The highest BCUT2D eigenvalue weighted by Gasteiger charge is 2.81. The Kier molecular flexibility index (Phi) is 6.00. The van der Waals surface area contributed by atoms with Gasteiger partial charge < -0.3 is 24.8 Å². The summed E-state index contributed by atoms with van der Waals surface area (Å²) in [5, 5.41) is 38.1. The van der Waals surface area contributed by atoms with Crippen LogP contribution in [0.3, 0.4) is 0 Å². The number of fused-ring (bicyclic) bond motifs is 3. The zero-order chi connectivity index (χ0) is 26.0. The maximum absolute atomic E-state index is 13.8. The minimum atomic E-state index is -2.25. The third-order valence-electron chi connectivity index (χ3n) is 8.98. The van der Waals surface area contributed by atoms with Crippen molar-refractivity contribution in [2.75, 3.05) is 5.32 Å². The Hall–Kier alpha value is -2.26. The van der Waals surface area contributed by atoms with Crippen molar-refractivity contribution in [3.05, 3.63) is 43.0 Å². The van der Waals surface area contributed by atoms with E-state index in [2.05, 4.69) is 11.9 Å². The molecule has 1 amide bonds. The van der Waals surface area contributed by atoms with Crippen LogP contribution in [0.5, 0.6) is 0 Å². The summed E-state index contributed by atoms with van der Waals surface area (Å²) in [6.07, 6.45) is -2.49. The molecule has 1 aromatic rings. The third-order valence-corrected chi connectivity index (χ3v) is 8.98. The van der Waals surface area contributed by atoms with Crippen LogP contribution in [0, 0.1) is 16.7 Å². The lowest BCUT2D eigenvalue weighted by atomic mass is 9.40. The average molecular weight is 488 g/mol. The number of carbonyl (C=O) groups excluding carboxylic acids is 2. The Balaban J connectivity index is 1.86. The summed E-state index contributed by atoms with van der Waals surface area (Å²) < 4.78 is 12.2. The third kappa shape index (κ3) is 3.49. The fourth-order valence-electron chi connectivity index (χ4n) is 7.26. The molecule has 2 aliphatic carbocycles. The summed E-state index contributed by atoms with van der Waals surface area (Å²) in [5.41, 5.74) is -6.86. The second kappa shape index (κ2) is 8.13. The zero-order valence-electron chi connectivity index (χ0n) is 21.1. The number of Topliss-reactive ketones (excluding diaryl/α,β-unsaturated/α-hetero) is 1. The lowest BCUT2D eigenvalue weighted by molar-refractivity contribution is -0.368. The maximum Gasteiger partial charge on any atom is 0.412 e. The van der Waals surface area contributed by atoms with Gasteiger partial charge in [0.25, 0.3) is 0 Å². The molecule has 4 N–H and O–H groups in total. The summed E-state index contributed by atoms with van der Waals surface area (Å²) in [7, 11) is 0. The van der Waals surface area contributed by atoms with Crippen molar-refractivity contribution in [1.82, 2.24) is 0 Å². The lowest BCUT2D eigenvalue weighted by Crippen LogP contribution is -2.86. The van der Waals surface area contributed by atoms with Crippen molar-refractivity contribution in [2.24, 2.45) is 16.7 Å². The van der Waals surface area contributed by atoms with E-state index in [0.717, 1.165) is 0 Å². The van der Waals surface area contributed by atoms with E-state index >= 15 is 0 Å². The molecule has 0 radical (unpaired) electrons. The number of nitrogens with one attached hydrogen (secondary N) is 1. The standard InChI is InChI=1S/C27H37NO7/c1-7-24(4)15-18(30)27(33)25(5)17(29)13-14-23(2,3)20(25)19(31)21(26(27,6)35-24)34-22(32)28-16-11-9-8-10-12-16/h7-12,17,19-21,29,31,33H,1,13-15H2,2-6H3,(H,28,32)/t17-,19-,20-,21-,24-,25-,26+,27-/m0/s1. The molecule has 0 aromatic heterocycles. The average Bonchev–Trinajstić information content (AvgIpc) is 2.78. The van der Waals surface area contributed by atoms with Gasteiger partial charge in [-0.3, -0.25) is 10.1 Å². The summed E-state index contributed by atoms with van der Waals surface area (Å²) in [6, 6.07) is 8.67. The van der Waals surface area contributed by atoms with Gasteiger partial charge in [-0.05, 0) is 44.2 Å². The first kappa shape index (κ1) is 25.8. The Morgan fingerprint density at radius 3 is 2.40 bits per heavy atom. The van der Waals surface area contributed by atoms with Gasteiger partial charge in [-0.25, -0.2) is 4.79 Å². The minimum absolute atomic E-state index is 0.170. The number of carbonyl (C=O) groups is 2. The summed E-state index contributed by atoms with van der Waals surface area (Å²) >= 11 is 0. The number of hydrogen-bond donors (Lipinski definition) is 4. The quantitative estimate of drug-likeness (QED) is 0.483. The molecule has 1 aliphatic heterocycles. The maximum atomic E-state index is 13.8. The summed E-state index contributed by atoms with van der Waals surface area (Å²) in [6.45, 7) is 12.4. The number of hydrogen-bond acceptors (Lipinski definition) is 7. The van der Waals surface area contributed by atoms with Gasteiger partial charge in [0.05, 0.1) is 17.8 Å². The molecule has 3 aliphatic rings. The van der Waals surface area contributed by atoms with Crippen molar-refractivity contribution in [1.29, 1.82) is 0 Å². The van der Waals surface area contributed by atoms with E-state index in [1.54, 1.807) is 44.2 Å². The number of benzene rings is 1. The van der Waals surface area contributed by atoms with Crippen LogP contribution >= 0.6 is 0 Å². The predicted molar refractivity (Wildman–Crippen MR) is 130 cm³/mol. The molecular weight excluding hydrogens is 450 g/mol. The monoisotopic (exact) mass is 487 g/mol. The van der Waals surface area contributed by atoms with Crippen molar-refractivity contribution in [2.45, 2.75) is 89.0 Å². The fourth-order valence-corrected chi connectivity index (χ4v) is 7.26. The number of aliphatic hydroxyl groups is 3. The number of ketones is 1. The SMILES string of the molecule is C=C[C@@]1(C)CC(=O)[C@]2(O)[C@@]3(C)[C@@H](O)CCC(C)(C)[C@@H]3[C@H](O)[C@H](OC(=O)Nc3ccccc3)[C@@]2(C)O1. The molecule has 2 saturated carbocycles. The molecule has 1 heterocycles. The van der Waals surface area contributed by atoms with Crippen molar-refractivity contribution in [3.63, 3.8) is 0 Å². The molecule has 0 bridgehead atoms. The first-order chi connectivity index (χ1) is 16.2. The van der Waals surface area contributed by atoms with Gasteiger partial charge in [0.15, 0.2) is 17.5 Å². The normalized spacial score (nSPS) is 44.5. The first-order valence-corrected chi connectivity index (χ1v) is 12.1. The van der Waals surface area contributed by atoms with E-state index < -0.39 is 63.7 Å². The summed E-state index contributed by atoms with van der Waals surface area (Å²) in [4.78, 5) is 26.8. The van der Waals surface area contributed by atoms with E-state index in [-0.39, 0.29) is 6.42 Å². The molecule has 8 nitrogen and oxygen atoms in total. The molecule has 4 rings (SSSR count). The molecule has 8 atom stereocenters. The van der Waals surface area contributed by atoms with Crippen LogP contribution in [0.4, 0.5) is 10.5 Å². The lowest BCUT2D eigenvalue weighted by Gasteiger charge is -2.71. The summed E-state index contributed by atoms with van der Waals surface area (Å²) in [5.74, 6) is -1.31. The smallest absolute Gasteiger partial charge is 0.412 e. The largest absolute Gasteiger partial charge is 0.440 e. The molecule has 1 aromatic carbocycles. The molecule has 1 saturated heterocycles. The van der Waals surface area contributed by atoms with Crippen LogP contribution in [-0.2, 0) is 14.3 Å². The molecule has 8 heteroatoms. The highest BCUT2D eigenvalue weighted by atomic mass is 16.6. The van der Waals surface area contributed by atoms with Crippen LogP contribution in [0.2, 0.25) is 0 Å². The highest BCUT2D eigenvalue weighted by molar-refractivity contribution is 5.92. The van der Waals surface area contributed by atoms with Gasteiger partial charge >= 0.3 is 6.09 Å². The van der Waals surface area contributed by atoms with Crippen molar-refractivity contribution in [3.8, 4) is 0 Å². The van der Waals surface area contributed by atoms with Gasteiger partial charge in [-0.1, -0.05) is 45.0 Å². The Bertz CT molecular complexity index is 1030. The van der Waals surface area contributed by atoms with Crippen LogP contribution in [-0.4, -0.2) is 62.3 Å². The topological polar surface area (TPSA) is 125 Å². The number of anilines is 1. The molecule has 35 heavy (non-hydrogen) atoms. The van der Waals surface area contributed by atoms with Gasteiger partial charge in [0.2, 0.25) is 0 Å². The van der Waals surface area contributed by atoms with Gasteiger partial charge in [-0.2, -0.15) is 0 Å². The van der Waals surface area contributed by atoms with Crippen LogP contribution in [0.25, 0.3) is 0 Å². The molecular formula is C27H37NO7. The van der Waals surface area contributed by atoms with E-state index in [4.69, 9.17) is 9.47 Å². The number of para-hydroxylation sites is 1. The molecule has 3 fully saturated rings. The number of ether oxygens (including phenoxy) is 2. The molecule has 0 unspecified atom stereocenters. The second-order valence-electron chi connectivity index (χ2n) is 11.6. The highest BCUT2D eigenvalue weighted by Crippen LogP contribution is 2.67. The van der Waals surface area contributed by atoms with E-state index in [9.17, 15) is 24.9 Å². The van der Waals surface area contributed by atoms with Gasteiger partial charge in [0.1, 0.15) is 5.60 Å². The van der Waals surface area contributed by atoms with Crippen LogP contribution in [0.15, 0.2) is 43.0 Å². The van der Waals surface area contributed by atoms with Crippen LogP contribution in [0.1, 0.15) is 53.9 Å². The number of rotatable bonds is 3. The van der Waals surface area contributed by atoms with Crippen LogP contribution < -0.4 is 5.32 Å². The van der Waals surface area contributed by atoms with E-state index in [1.807, 2.05) is 13.8 Å². The van der Waals surface area contributed by atoms with E-state index in [1.165, 1.54) is 13.0 Å². The molecule has 192 valence electrons. The second-order valence-corrected chi connectivity index (χ2v) is 11.6. The zero-order valence-corrected chi connectivity index (χ0v) is 21.1. The van der Waals surface area contributed by atoms with Gasteiger partial charge in [0, 0.05) is 23.4 Å². The Labute approximate surface area is 206 Å². The molecule has 0 spiro atoms. The van der Waals surface area contributed by atoms with E-state index in [0.29, 0.717) is 18.5 Å². The fraction of sp³-hybridized carbons (Fsp3) is 0.630. The van der Waals surface area contributed by atoms with Crippen molar-refractivity contribution < 1.29 is 34.4 Å². The minimum Gasteiger partial charge on any atom is -0.440 e. The Morgan fingerprint density at radius 1 is 1.17 bits per heavy atom. The Morgan fingerprint density at radius 2 is 1.80 bits per heavy atom. The van der Waals surface area contributed by atoms with Crippen molar-refractivity contribution >= 4 is 17.6 Å². The number of amides is 1. The first-order valence-electron chi connectivity index (χ1n) is 12.1. The predicted octanol–water partition coefficient (Wildman–Crippen LogP) is 3.21. The van der Waals surface area contributed by atoms with Gasteiger partial charge in [-0.15, -0.1) is 6.58 Å².